The zero-order chi connectivity index (χ0) is 21.0. The van der Waals surface area contributed by atoms with E-state index in [2.05, 4.69) is 9.72 Å². The highest BCUT2D eigenvalue weighted by atomic mass is 35.5. The highest BCUT2D eigenvalue weighted by Crippen LogP contribution is 2.25. The van der Waals surface area contributed by atoms with Crippen molar-refractivity contribution in [1.29, 1.82) is 0 Å². The van der Waals surface area contributed by atoms with Gasteiger partial charge in [-0.1, -0.05) is 17.7 Å². The summed E-state index contributed by atoms with van der Waals surface area (Å²) in [5, 5.41) is 0.565. The highest BCUT2D eigenvalue weighted by Gasteiger charge is 2.24. The molecule has 4 rings (SSSR count). The third kappa shape index (κ3) is 2.69. The van der Waals surface area contributed by atoms with Gasteiger partial charge in [-0.25, -0.2) is 9.36 Å². The normalized spacial score (nSPS) is 11.5. The fourth-order valence-electron chi connectivity index (χ4n) is 3.51. The second kappa shape index (κ2) is 6.63. The van der Waals surface area contributed by atoms with Crippen LogP contribution >= 0.6 is 11.6 Å². The number of hydrogen-bond donors (Lipinski definition) is 0. The molecule has 0 radical (unpaired) electrons. The molecule has 0 amide bonds. The third-order valence-electron chi connectivity index (χ3n) is 5.10. The van der Waals surface area contributed by atoms with E-state index in [1.807, 2.05) is 30.5 Å². The monoisotopic (exact) mass is 415 g/mol. The minimum absolute atomic E-state index is 0.215. The third-order valence-corrected chi connectivity index (χ3v) is 5.34. The Morgan fingerprint density at radius 3 is 2.59 bits per heavy atom. The molecule has 0 atom stereocenters. The second-order valence-electron chi connectivity index (χ2n) is 6.71. The van der Waals surface area contributed by atoms with Crippen molar-refractivity contribution in [2.75, 3.05) is 7.11 Å². The topological polar surface area (TPSA) is 92.5 Å². The molecule has 0 aliphatic heterocycles. The van der Waals surface area contributed by atoms with Crippen LogP contribution in [0.15, 0.2) is 33.9 Å². The number of carbonyl (C=O) groups excluding carboxylic acids is 1. The summed E-state index contributed by atoms with van der Waals surface area (Å²) in [6.45, 7) is 3.30. The number of benzene rings is 1. The molecular formula is C19H18ClN5O4. The maximum absolute atomic E-state index is 13.1. The van der Waals surface area contributed by atoms with Crippen LogP contribution in [-0.4, -0.2) is 36.2 Å². The van der Waals surface area contributed by atoms with Crippen LogP contribution in [0.25, 0.3) is 22.6 Å². The molecule has 0 bridgehead atoms. The number of halogens is 1. The average Bonchev–Trinajstić information content (AvgIpc) is 3.19. The SMILES string of the molecule is COC(=O)Cn1c(=O)c2c(nc3n(-c4cccc(Cl)c4)c(C)c(C)n23)n(C)c1=O. The molecule has 29 heavy (non-hydrogen) atoms. The summed E-state index contributed by atoms with van der Waals surface area (Å²) in [6.07, 6.45) is 0. The summed E-state index contributed by atoms with van der Waals surface area (Å²) < 4.78 is 10.3. The Kier molecular flexibility index (Phi) is 4.34. The maximum atomic E-state index is 13.1. The lowest BCUT2D eigenvalue weighted by Crippen LogP contribution is -2.41. The first kappa shape index (κ1) is 19.0. The summed E-state index contributed by atoms with van der Waals surface area (Å²) in [5.41, 5.74) is 1.63. The Morgan fingerprint density at radius 1 is 1.21 bits per heavy atom. The van der Waals surface area contributed by atoms with Crippen LogP contribution in [0.2, 0.25) is 5.02 Å². The van der Waals surface area contributed by atoms with Crippen molar-refractivity contribution in [3.63, 3.8) is 0 Å². The van der Waals surface area contributed by atoms with Gasteiger partial charge >= 0.3 is 11.7 Å². The molecule has 10 heteroatoms. The number of methoxy groups -OCH3 is 1. The number of imidazole rings is 2. The number of ether oxygens (including phenoxy) is 1. The Balaban J connectivity index is 2.15. The number of fused-ring (bicyclic) bond motifs is 3. The first-order valence-electron chi connectivity index (χ1n) is 8.79. The average molecular weight is 416 g/mol. The second-order valence-corrected chi connectivity index (χ2v) is 7.15. The zero-order valence-electron chi connectivity index (χ0n) is 16.3. The molecule has 0 aliphatic carbocycles. The van der Waals surface area contributed by atoms with E-state index in [-0.39, 0.29) is 11.2 Å². The summed E-state index contributed by atoms with van der Waals surface area (Å²) in [4.78, 5) is 42.1. The van der Waals surface area contributed by atoms with Crippen LogP contribution in [0.5, 0.6) is 0 Å². The lowest BCUT2D eigenvalue weighted by molar-refractivity contribution is -0.141. The largest absolute Gasteiger partial charge is 0.468 e. The van der Waals surface area contributed by atoms with Gasteiger partial charge in [-0.05, 0) is 32.0 Å². The molecular weight excluding hydrogens is 398 g/mol. The summed E-state index contributed by atoms with van der Waals surface area (Å²) in [6, 6.07) is 7.27. The molecule has 1 aromatic carbocycles. The minimum atomic E-state index is -0.686. The molecule has 9 nitrogen and oxygen atoms in total. The van der Waals surface area contributed by atoms with Crippen LogP contribution in [0.3, 0.4) is 0 Å². The first-order chi connectivity index (χ1) is 13.8. The number of hydrogen-bond acceptors (Lipinski definition) is 5. The number of aryl methyl sites for hydroxylation is 2. The number of rotatable bonds is 3. The highest BCUT2D eigenvalue weighted by molar-refractivity contribution is 6.30. The summed E-state index contributed by atoms with van der Waals surface area (Å²) in [5.74, 6) is -0.214. The first-order valence-corrected chi connectivity index (χ1v) is 9.16. The van der Waals surface area contributed by atoms with Crippen LogP contribution < -0.4 is 11.2 Å². The van der Waals surface area contributed by atoms with E-state index in [0.717, 1.165) is 21.6 Å². The molecule has 3 heterocycles. The van der Waals surface area contributed by atoms with E-state index in [9.17, 15) is 14.4 Å². The fraction of sp³-hybridized carbons (Fsp3) is 0.263. The fourth-order valence-corrected chi connectivity index (χ4v) is 3.69. The van der Waals surface area contributed by atoms with Crippen LogP contribution in [0.4, 0.5) is 0 Å². The van der Waals surface area contributed by atoms with Crippen LogP contribution in [0, 0.1) is 13.8 Å². The summed E-state index contributed by atoms with van der Waals surface area (Å²) >= 11 is 6.15. The smallest absolute Gasteiger partial charge is 0.333 e. The van der Waals surface area contributed by atoms with Gasteiger partial charge in [-0.3, -0.25) is 23.1 Å². The predicted molar refractivity (Wildman–Crippen MR) is 108 cm³/mol. The Morgan fingerprint density at radius 2 is 1.93 bits per heavy atom. The molecule has 0 unspecified atom stereocenters. The maximum Gasteiger partial charge on any atom is 0.333 e. The van der Waals surface area contributed by atoms with Crippen molar-refractivity contribution >= 4 is 34.5 Å². The van der Waals surface area contributed by atoms with E-state index in [0.29, 0.717) is 10.8 Å². The van der Waals surface area contributed by atoms with Crippen molar-refractivity contribution in [3.05, 3.63) is 61.5 Å². The molecule has 0 N–H and O–H groups in total. The van der Waals surface area contributed by atoms with Gasteiger partial charge in [0, 0.05) is 23.5 Å². The van der Waals surface area contributed by atoms with Gasteiger partial charge in [-0.15, -0.1) is 0 Å². The lowest BCUT2D eigenvalue weighted by atomic mass is 10.3. The van der Waals surface area contributed by atoms with Crippen molar-refractivity contribution in [2.45, 2.75) is 20.4 Å². The predicted octanol–water partition coefficient (Wildman–Crippen LogP) is 1.58. The number of carbonyl (C=O) groups is 1. The van der Waals surface area contributed by atoms with Crippen molar-refractivity contribution in [2.24, 2.45) is 7.05 Å². The minimum Gasteiger partial charge on any atom is -0.468 e. The Hall–Kier alpha value is -3.33. The molecule has 0 saturated heterocycles. The van der Waals surface area contributed by atoms with E-state index in [1.165, 1.54) is 18.7 Å². The van der Waals surface area contributed by atoms with Gasteiger partial charge in [0.05, 0.1) is 12.8 Å². The van der Waals surface area contributed by atoms with Gasteiger partial charge < -0.3 is 4.74 Å². The lowest BCUT2D eigenvalue weighted by Gasteiger charge is -2.08. The quantitative estimate of drug-likeness (QED) is 0.474. The van der Waals surface area contributed by atoms with Gasteiger partial charge in [-0.2, -0.15) is 4.98 Å². The molecule has 0 fully saturated rings. The van der Waals surface area contributed by atoms with Gasteiger partial charge in [0.25, 0.3) is 5.56 Å². The van der Waals surface area contributed by atoms with Gasteiger partial charge in [0.2, 0.25) is 5.78 Å². The van der Waals surface area contributed by atoms with Crippen LogP contribution in [0.1, 0.15) is 11.4 Å². The Labute approximate surface area is 169 Å². The standard InChI is InChI=1S/C19H18ClN5O4/c1-10-11(2)25-15-16(21-18(25)24(10)13-7-5-6-12(20)8-13)22(3)19(28)23(17(15)27)9-14(26)29-4/h5-8H,9H2,1-4H3. The molecule has 4 aromatic rings. The van der Waals surface area contributed by atoms with E-state index in [1.54, 1.807) is 16.5 Å². The number of esters is 1. The Bertz CT molecular complexity index is 1420. The molecule has 0 aliphatic rings. The van der Waals surface area contributed by atoms with E-state index >= 15 is 0 Å². The molecule has 150 valence electrons. The van der Waals surface area contributed by atoms with Gasteiger partial charge in [0.15, 0.2) is 11.2 Å². The number of aromatic nitrogens is 5. The van der Waals surface area contributed by atoms with E-state index in [4.69, 9.17) is 11.6 Å². The molecule has 0 spiro atoms. The van der Waals surface area contributed by atoms with Crippen molar-refractivity contribution in [1.82, 2.24) is 23.1 Å². The van der Waals surface area contributed by atoms with Gasteiger partial charge in [0.1, 0.15) is 6.54 Å². The van der Waals surface area contributed by atoms with Crippen LogP contribution in [-0.2, 0) is 23.1 Å². The number of nitrogens with zero attached hydrogens (tertiary/aromatic N) is 5. The van der Waals surface area contributed by atoms with Crippen molar-refractivity contribution in [3.8, 4) is 5.69 Å². The van der Waals surface area contributed by atoms with Crippen molar-refractivity contribution < 1.29 is 9.53 Å². The summed E-state index contributed by atoms with van der Waals surface area (Å²) in [7, 11) is 2.71. The molecule has 0 saturated carbocycles. The van der Waals surface area contributed by atoms with E-state index < -0.39 is 23.8 Å². The molecule has 3 aromatic heterocycles. The zero-order valence-corrected chi connectivity index (χ0v) is 17.0.